The van der Waals surface area contributed by atoms with Crippen molar-refractivity contribution in [2.45, 2.75) is 45.1 Å². The molecular formula is C13H19F3Si. The highest BCUT2D eigenvalue weighted by molar-refractivity contribution is 6.91. The SMILES string of the molecule is CC[Si](CC)(CC)c1ccc(C(F)(F)F)cc1. The summed E-state index contributed by atoms with van der Waals surface area (Å²) >= 11 is 0. The van der Waals surface area contributed by atoms with Crippen LogP contribution < -0.4 is 5.19 Å². The van der Waals surface area contributed by atoms with Crippen LogP contribution >= 0.6 is 0 Å². The lowest BCUT2D eigenvalue weighted by Gasteiger charge is -2.28. The summed E-state index contributed by atoms with van der Waals surface area (Å²) < 4.78 is 37.4. The van der Waals surface area contributed by atoms with Crippen LogP contribution in [0.4, 0.5) is 13.2 Å². The van der Waals surface area contributed by atoms with Gasteiger partial charge in [0.25, 0.3) is 0 Å². The molecule has 0 aliphatic rings. The van der Waals surface area contributed by atoms with Gasteiger partial charge >= 0.3 is 6.18 Å². The van der Waals surface area contributed by atoms with Crippen LogP contribution in [0.3, 0.4) is 0 Å². The fraction of sp³-hybridized carbons (Fsp3) is 0.538. The second kappa shape index (κ2) is 5.25. The van der Waals surface area contributed by atoms with Crippen molar-refractivity contribution in [1.29, 1.82) is 0 Å². The molecule has 4 heteroatoms. The maximum atomic E-state index is 12.5. The Morgan fingerprint density at radius 1 is 0.882 bits per heavy atom. The average molecular weight is 260 g/mol. The Hall–Kier alpha value is -0.773. The van der Waals surface area contributed by atoms with Gasteiger partial charge in [-0.1, -0.05) is 68.4 Å². The molecule has 0 heterocycles. The number of rotatable bonds is 4. The fourth-order valence-corrected chi connectivity index (χ4v) is 5.97. The first-order valence-corrected chi connectivity index (χ1v) is 8.69. The van der Waals surface area contributed by atoms with Crippen molar-refractivity contribution >= 4 is 13.3 Å². The van der Waals surface area contributed by atoms with E-state index in [2.05, 4.69) is 20.8 Å². The third-order valence-corrected chi connectivity index (χ3v) is 9.47. The zero-order valence-electron chi connectivity index (χ0n) is 10.6. The molecule has 0 N–H and O–H groups in total. The Bertz CT molecular complexity index is 342. The molecule has 0 saturated heterocycles. The van der Waals surface area contributed by atoms with E-state index >= 15 is 0 Å². The predicted molar refractivity (Wildman–Crippen MR) is 68.3 cm³/mol. The molecule has 0 unspecified atom stereocenters. The first-order valence-electron chi connectivity index (χ1n) is 6.07. The Morgan fingerprint density at radius 2 is 1.29 bits per heavy atom. The highest BCUT2D eigenvalue weighted by Gasteiger charge is 2.32. The van der Waals surface area contributed by atoms with Crippen molar-refractivity contribution < 1.29 is 13.2 Å². The van der Waals surface area contributed by atoms with Gasteiger partial charge in [0.05, 0.1) is 13.6 Å². The minimum atomic E-state index is -4.23. The van der Waals surface area contributed by atoms with E-state index in [4.69, 9.17) is 0 Å². The van der Waals surface area contributed by atoms with Crippen LogP contribution in [0.5, 0.6) is 0 Å². The largest absolute Gasteiger partial charge is 0.416 e. The summed E-state index contributed by atoms with van der Waals surface area (Å²) in [4.78, 5) is 0. The van der Waals surface area contributed by atoms with Crippen molar-refractivity contribution in [2.75, 3.05) is 0 Å². The molecule has 17 heavy (non-hydrogen) atoms. The van der Waals surface area contributed by atoms with Gasteiger partial charge in [-0.05, 0) is 0 Å². The summed E-state index contributed by atoms with van der Waals surface area (Å²) in [7, 11) is -1.54. The Balaban J connectivity index is 3.09. The van der Waals surface area contributed by atoms with E-state index in [1.165, 1.54) is 12.1 Å². The summed E-state index contributed by atoms with van der Waals surface area (Å²) in [5, 5.41) is 1.15. The third kappa shape index (κ3) is 2.92. The van der Waals surface area contributed by atoms with Gasteiger partial charge in [0.15, 0.2) is 0 Å². The van der Waals surface area contributed by atoms with E-state index in [-0.39, 0.29) is 0 Å². The van der Waals surface area contributed by atoms with Gasteiger partial charge in [0.2, 0.25) is 0 Å². The highest BCUT2D eigenvalue weighted by atomic mass is 28.3. The topological polar surface area (TPSA) is 0 Å². The average Bonchev–Trinajstić information content (AvgIpc) is 2.32. The molecule has 1 rings (SSSR count). The molecule has 0 aromatic heterocycles. The van der Waals surface area contributed by atoms with Gasteiger partial charge in [-0.2, -0.15) is 13.2 Å². The van der Waals surface area contributed by atoms with Crippen LogP contribution in [0, 0.1) is 0 Å². The molecule has 0 fully saturated rings. The first-order chi connectivity index (χ1) is 7.89. The van der Waals surface area contributed by atoms with Crippen LogP contribution in [-0.2, 0) is 6.18 Å². The lowest BCUT2D eigenvalue weighted by atomic mass is 10.2. The minimum Gasteiger partial charge on any atom is -0.166 e. The van der Waals surface area contributed by atoms with E-state index in [9.17, 15) is 13.2 Å². The van der Waals surface area contributed by atoms with Gasteiger partial charge in [0, 0.05) is 0 Å². The van der Waals surface area contributed by atoms with Crippen molar-refractivity contribution in [3.8, 4) is 0 Å². The van der Waals surface area contributed by atoms with Gasteiger partial charge in [-0.25, -0.2) is 0 Å². The lowest BCUT2D eigenvalue weighted by Crippen LogP contribution is -2.45. The Kier molecular flexibility index (Phi) is 4.41. The molecule has 0 radical (unpaired) electrons. The molecule has 1 aromatic carbocycles. The van der Waals surface area contributed by atoms with Crippen LogP contribution in [-0.4, -0.2) is 8.07 Å². The smallest absolute Gasteiger partial charge is 0.166 e. The van der Waals surface area contributed by atoms with E-state index < -0.39 is 19.8 Å². The predicted octanol–water partition coefficient (Wildman–Crippen LogP) is 4.42. The fourth-order valence-electron chi connectivity index (χ4n) is 2.38. The summed E-state index contributed by atoms with van der Waals surface area (Å²) in [5.41, 5.74) is -0.549. The second-order valence-electron chi connectivity index (χ2n) is 4.42. The van der Waals surface area contributed by atoms with Gasteiger partial charge in [-0.3, -0.25) is 0 Å². The van der Waals surface area contributed by atoms with Crippen molar-refractivity contribution in [1.82, 2.24) is 0 Å². The normalized spacial score (nSPS) is 12.8. The van der Waals surface area contributed by atoms with Crippen LogP contribution in [0.15, 0.2) is 24.3 Å². The van der Waals surface area contributed by atoms with Crippen LogP contribution in [0.25, 0.3) is 0 Å². The summed E-state index contributed by atoms with van der Waals surface area (Å²) in [6.07, 6.45) is -4.23. The molecule has 0 aliphatic carbocycles. The standard InChI is InChI=1S/C13H19F3Si/c1-4-17(5-2,6-3)12-9-7-11(8-10-12)13(14,15)16/h7-10H,4-6H2,1-3H3. The molecular weight excluding hydrogens is 241 g/mol. The van der Waals surface area contributed by atoms with Crippen molar-refractivity contribution in [3.63, 3.8) is 0 Å². The number of benzene rings is 1. The van der Waals surface area contributed by atoms with Gasteiger partial charge in [-0.15, -0.1) is 0 Å². The Labute approximate surface area is 102 Å². The van der Waals surface area contributed by atoms with Crippen LogP contribution in [0.1, 0.15) is 26.3 Å². The Morgan fingerprint density at radius 3 is 1.59 bits per heavy atom. The number of alkyl halides is 3. The third-order valence-electron chi connectivity index (χ3n) is 3.85. The molecule has 0 bridgehead atoms. The number of halogens is 3. The summed E-state index contributed by atoms with van der Waals surface area (Å²) in [6.45, 7) is 6.45. The van der Waals surface area contributed by atoms with E-state index in [1.807, 2.05) is 0 Å². The number of hydrogen-bond donors (Lipinski definition) is 0. The van der Waals surface area contributed by atoms with Crippen molar-refractivity contribution in [2.24, 2.45) is 0 Å². The van der Waals surface area contributed by atoms with Crippen LogP contribution in [0.2, 0.25) is 18.1 Å². The maximum absolute atomic E-state index is 12.5. The van der Waals surface area contributed by atoms with E-state index in [0.717, 1.165) is 23.3 Å². The first kappa shape index (κ1) is 14.3. The molecule has 0 spiro atoms. The van der Waals surface area contributed by atoms with E-state index in [0.29, 0.717) is 0 Å². The highest BCUT2D eigenvalue weighted by Crippen LogP contribution is 2.29. The molecule has 0 nitrogen and oxygen atoms in total. The quantitative estimate of drug-likeness (QED) is 0.703. The van der Waals surface area contributed by atoms with Gasteiger partial charge < -0.3 is 0 Å². The van der Waals surface area contributed by atoms with Crippen molar-refractivity contribution in [3.05, 3.63) is 29.8 Å². The van der Waals surface area contributed by atoms with Gasteiger partial charge in [0.1, 0.15) is 0 Å². The summed E-state index contributed by atoms with van der Waals surface area (Å²) in [6, 6.07) is 9.08. The second-order valence-corrected chi connectivity index (χ2v) is 9.68. The molecule has 96 valence electrons. The monoisotopic (exact) mass is 260 g/mol. The molecule has 1 aromatic rings. The minimum absolute atomic E-state index is 0.549. The molecule has 0 aliphatic heterocycles. The zero-order valence-corrected chi connectivity index (χ0v) is 11.6. The zero-order chi connectivity index (χ0) is 13.1. The molecule has 0 saturated carbocycles. The number of hydrogen-bond acceptors (Lipinski definition) is 0. The summed E-state index contributed by atoms with van der Waals surface area (Å²) in [5.74, 6) is 0. The molecule has 0 atom stereocenters. The molecule has 0 amide bonds. The maximum Gasteiger partial charge on any atom is 0.416 e. The van der Waals surface area contributed by atoms with E-state index in [1.54, 1.807) is 12.1 Å². The lowest BCUT2D eigenvalue weighted by molar-refractivity contribution is -0.137.